The van der Waals surface area contributed by atoms with Crippen molar-refractivity contribution in [3.05, 3.63) is 35.4 Å². The summed E-state index contributed by atoms with van der Waals surface area (Å²) in [5, 5.41) is 2.78. The predicted octanol–water partition coefficient (Wildman–Crippen LogP) is 1.95. The van der Waals surface area contributed by atoms with E-state index in [4.69, 9.17) is 4.74 Å². The van der Waals surface area contributed by atoms with Crippen LogP contribution >= 0.6 is 0 Å². The van der Waals surface area contributed by atoms with Crippen molar-refractivity contribution in [1.29, 1.82) is 0 Å². The molecule has 21 heavy (non-hydrogen) atoms. The molecule has 1 unspecified atom stereocenters. The molecule has 5 heteroatoms. The van der Waals surface area contributed by atoms with Gasteiger partial charge in [0.15, 0.2) is 0 Å². The van der Waals surface area contributed by atoms with Crippen LogP contribution in [-0.2, 0) is 22.5 Å². The van der Waals surface area contributed by atoms with Crippen molar-refractivity contribution >= 4 is 12.0 Å². The van der Waals surface area contributed by atoms with Crippen LogP contribution in [0, 0.1) is 5.92 Å². The number of amides is 2. The third-order valence-corrected chi connectivity index (χ3v) is 3.82. The summed E-state index contributed by atoms with van der Waals surface area (Å²) in [6, 6.07) is 7.30. The van der Waals surface area contributed by atoms with Crippen molar-refractivity contribution in [3.63, 3.8) is 0 Å². The second kappa shape index (κ2) is 6.61. The molecule has 0 spiro atoms. The van der Waals surface area contributed by atoms with Gasteiger partial charge in [0.1, 0.15) is 6.04 Å². The quantitative estimate of drug-likeness (QED) is 0.866. The van der Waals surface area contributed by atoms with Gasteiger partial charge in [0.2, 0.25) is 0 Å². The molecule has 114 valence electrons. The van der Waals surface area contributed by atoms with E-state index in [0.717, 1.165) is 12.0 Å². The smallest absolute Gasteiger partial charge is 0.328 e. The zero-order valence-electron chi connectivity index (χ0n) is 12.8. The highest BCUT2D eigenvalue weighted by molar-refractivity contribution is 5.83. The minimum Gasteiger partial charge on any atom is -0.467 e. The minimum atomic E-state index is -0.611. The standard InChI is InChI=1S/C16H22N2O3/c1-11(2)14(15(19)21-3)17-16(20)18-9-8-12-6-4-5-7-13(12)10-18/h4-7,11,14H,8-10H2,1-3H3,(H,17,20). The number of hydrogen-bond donors (Lipinski definition) is 1. The lowest BCUT2D eigenvalue weighted by molar-refractivity contribution is -0.144. The number of hydrogen-bond acceptors (Lipinski definition) is 3. The van der Waals surface area contributed by atoms with Crippen molar-refractivity contribution < 1.29 is 14.3 Å². The van der Waals surface area contributed by atoms with Gasteiger partial charge in [0, 0.05) is 13.1 Å². The van der Waals surface area contributed by atoms with Gasteiger partial charge in [-0.25, -0.2) is 9.59 Å². The van der Waals surface area contributed by atoms with E-state index in [-0.39, 0.29) is 11.9 Å². The van der Waals surface area contributed by atoms with Gasteiger partial charge in [0.05, 0.1) is 7.11 Å². The number of ether oxygens (including phenoxy) is 1. The van der Waals surface area contributed by atoms with Crippen molar-refractivity contribution in [1.82, 2.24) is 10.2 Å². The number of nitrogens with one attached hydrogen (secondary N) is 1. The summed E-state index contributed by atoms with van der Waals surface area (Å²) in [6.07, 6.45) is 0.841. The number of carbonyl (C=O) groups excluding carboxylic acids is 2. The molecule has 0 radical (unpaired) electrons. The lowest BCUT2D eigenvalue weighted by Gasteiger charge is -2.31. The second-order valence-corrected chi connectivity index (χ2v) is 5.63. The van der Waals surface area contributed by atoms with Gasteiger partial charge in [-0.05, 0) is 23.5 Å². The number of methoxy groups -OCH3 is 1. The zero-order chi connectivity index (χ0) is 15.4. The molecule has 1 N–H and O–H groups in total. The number of carbonyl (C=O) groups is 2. The van der Waals surface area contributed by atoms with Crippen LogP contribution in [0.2, 0.25) is 0 Å². The summed E-state index contributed by atoms with van der Waals surface area (Å²) in [5.74, 6) is -0.422. The Hall–Kier alpha value is -2.04. The maximum absolute atomic E-state index is 12.4. The van der Waals surface area contributed by atoms with Gasteiger partial charge in [-0.1, -0.05) is 38.1 Å². The first-order valence-electron chi connectivity index (χ1n) is 7.23. The highest BCUT2D eigenvalue weighted by Crippen LogP contribution is 2.18. The molecule has 0 fully saturated rings. The molecule has 1 aromatic rings. The van der Waals surface area contributed by atoms with Gasteiger partial charge in [-0.2, -0.15) is 0 Å². The molecule has 1 aliphatic rings. The predicted molar refractivity (Wildman–Crippen MR) is 79.7 cm³/mol. The van der Waals surface area contributed by atoms with Crippen molar-refractivity contribution in [2.24, 2.45) is 5.92 Å². The molecule has 5 nitrogen and oxygen atoms in total. The Morgan fingerprint density at radius 1 is 1.24 bits per heavy atom. The maximum Gasteiger partial charge on any atom is 0.328 e. The maximum atomic E-state index is 12.4. The number of nitrogens with zero attached hydrogens (tertiary/aromatic N) is 1. The van der Waals surface area contributed by atoms with Crippen molar-refractivity contribution in [3.8, 4) is 0 Å². The van der Waals surface area contributed by atoms with Gasteiger partial charge in [0.25, 0.3) is 0 Å². The van der Waals surface area contributed by atoms with Gasteiger partial charge >= 0.3 is 12.0 Å². The molecule has 0 aromatic heterocycles. The number of benzene rings is 1. The Morgan fingerprint density at radius 2 is 1.90 bits per heavy atom. The Morgan fingerprint density at radius 3 is 2.52 bits per heavy atom. The van der Waals surface area contributed by atoms with Crippen LogP contribution in [-0.4, -0.2) is 36.6 Å². The van der Waals surface area contributed by atoms with E-state index in [1.807, 2.05) is 32.0 Å². The molecule has 1 heterocycles. The van der Waals surface area contributed by atoms with Crippen LogP contribution in [0.15, 0.2) is 24.3 Å². The van der Waals surface area contributed by atoms with E-state index in [9.17, 15) is 9.59 Å². The van der Waals surface area contributed by atoms with E-state index >= 15 is 0 Å². The van der Waals surface area contributed by atoms with Crippen LogP contribution in [0.1, 0.15) is 25.0 Å². The average molecular weight is 290 g/mol. The third-order valence-electron chi connectivity index (χ3n) is 3.82. The Kier molecular flexibility index (Phi) is 4.83. The SMILES string of the molecule is COC(=O)C(NC(=O)N1CCc2ccccc2C1)C(C)C. The average Bonchev–Trinajstić information content (AvgIpc) is 2.50. The van der Waals surface area contributed by atoms with Gasteiger partial charge in [-0.3, -0.25) is 0 Å². The Labute approximate surface area is 125 Å². The fourth-order valence-corrected chi connectivity index (χ4v) is 2.52. The first-order valence-corrected chi connectivity index (χ1v) is 7.23. The van der Waals surface area contributed by atoms with E-state index < -0.39 is 12.0 Å². The minimum absolute atomic E-state index is 0.0153. The summed E-state index contributed by atoms with van der Waals surface area (Å²) < 4.78 is 4.75. The first-order chi connectivity index (χ1) is 10.0. The summed E-state index contributed by atoms with van der Waals surface area (Å²) in [5.41, 5.74) is 2.45. The number of fused-ring (bicyclic) bond motifs is 1. The number of esters is 1. The number of urea groups is 1. The van der Waals surface area contributed by atoms with Crippen molar-refractivity contribution in [2.45, 2.75) is 32.9 Å². The monoisotopic (exact) mass is 290 g/mol. The highest BCUT2D eigenvalue weighted by atomic mass is 16.5. The molecule has 1 aromatic carbocycles. The molecular weight excluding hydrogens is 268 g/mol. The normalized spacial score (nSPS) is 15.3. The summed E-state index contributed by atoms with van der Waals surface area (Å²) >= 11 is 0. The second-order valence-electron chi connectivity index (χ2n) is 5.63. The van der Waals surface area contributed by atoms with Crippen LogP contribution in [0.5, 0.6) is 0 Å². The van der Waals surface area contributed by atoms with Crippen LogP contribution < -0.4 is 5.32 Å². The summed E-state index contributed by atoms with van der Waals surface area (Å²) in [4.78, 5) is 25.8. The van der Waals surface area contributed by atoms with E-state index in [1.165, 1.54) is 12.7 Å². The Bertz CT molecular complexity index is 528. The molecular formula is C16H22N2O3. The van der Waals surface area contributed by atoms with E-state index in [1.54, 1.807) is 4.90 Å². The fraction of sp³-hybridized carbons (Fsp3) is 0.500. The summed E-state index contributed by atoms with van der Waals surface area (Å²) in [7, 11) is 1.33. The van der Waals surface area contributed by atoms with E-state index in [2.05, 4.69) is 11.4 Å². The largest absolute Gasteiger partial charge is 0.467 e. The Balaban J connectivity index is 2.03. The molecule has 0 saturated heterocycles. The number of rotatable bonds is 3. The third kappa shape index (κ3) is 3.54. The lowest BCUT2D eigenvalue weighted by Crippen LogP contribution is -2.51. The van der Waals surface area contributed by atoms with Crippen LogP contribution in [0.25, 0.3) is 0 Å². The van der Waals surface area contributed by atoms with E-state index in [0.29, 0.717) is 13.1 Å². The molecule has 2 rings (SSSR count). The summed E-state index contributed by atoms with van der Waals surface area (Å²) in [6.45, 7) is 5.00. The van der Waals surface area contributed by atoms with Crippen molar-refractivity contribution in [2.75, 3.05) is 13.7 Å². The lowest BCUT2D eigenvalue weighted by atomic mass is 10.00. The molecule has 0 bridgehead atoms. The topological polar surface area (TPSA) is 58.6 Å². The first kappa shape index (κ1) is 15.4. The molecule has 1 aliphatic heterocycles. The molecule has 0 aliphatic carbocycles. The highest BCUT2D eigenvalue weighted by Gasteiger charge is 2.28. The van der Waals surface area contributed by atoms with Crippen LogP contribution in [0.3, 0.4) is 0 Å². The fourth-order valence-electron chi connectivity index (χ4n) is 2.52. The van der Waals surface area contributed by atoms with Crippen LogP contribution in [0.4, 0.5) is 4.79 Å². The zero-order valence-corrected chi connectivity index (χ0v) is 12.8. The van der Waals surface area contributed by atoms with Gasteiger partial charge in [-0.15, -0.1) is 0 Å². The molecule has 0 saturated carbocycles. The molecule has 1 atom stereocenters. The molecule has 2 amide bonds. The van der Waals surface area contributed by atoms with Gasteiger partial charge < -0.3 is 15.0 Å².